The molecular weight excluding hydrogens is 556 g/mol. The molecule has 1 amide bonds. The minimum Gasteiger partial charge on any atom is -0.452 e. The summed E-state index contributed by atoms with van der Waals surface area (Å²) in [6.07, 6.45) is 7.70. The molecule has 3 aromatic rings. The summed E-state index contributed by atoms with van der Waals surface area (Å²) < 4.78 is 17.3. The van der Waals surface area contributed by atoms with E-state index < -0.39 is 5.60 Å². The van der Waals surface area contributed by atoms with Crippen LogP contribution in [0.5, 0.6) is 11.5 Å². The van der Waals surface area contributed by atoms with Gasteiger partial charge in [-0.3, -0.25) is 4.98 Å². The Morgan fingerprint density at radius 3 is 2.68 bits per heavy atom. The second kappa shape index (κ2) is 10.5. The number of hydrogen-bond acceptors (Lipinski definition) is 9. The van der Waals surface area contributed by atoms with Gasteiger partial charge in [0, 0.05) is 52.5 Å². The zero-order chi connectivity index (χ0) is 26.2. The normalized spacial score (nSPS) is 21.1. The number of aryl methyl sites for hydroxylation is 1. The lowest BCUT2D eigenvalue weighted by Crippen LogP contribution is -2.48. The highest BCUT2D eigenvalue weighted by Crippen LogP contribution is 2.44. The third kappa shape index (κ3) is 5.87. The first-order valence-corrected chi connectivity index (χ1v) is 14.2. The zero-order valence-electron chi connectivity index (χ0n) is 21.4. The van der Waals surface area contributed by atoms with Crippen LogP contribution in [0.25, 0.3) is 0 Å². The Morgan fingerprint density at radius 1 is 1.22 bits per heavy atom. The first kappa shape index (κ1) is 25.8. The largest absolute Gasteiger partial charge is 0.452 e. The van der Waals surface area contributed by atoms with Crippen LogP contribution in [0.2, 0.25) is 0 Å². The Morgan fingerprint density at radius 2 is 1.97 bits per heavy atom. The van der Waals surface area contributed by atoms with E-state index >= 15 is 0 Å². The monoisotopic (exact) mass is 586 g/mol. The second-order valence-electron chi connectivity index (χ2n) is 10.4. The summed E-state index contributed by atoms with van der Waals surface area (Å²) >= 11 is 4.79. The van der Waals surface area contributed by atoms with Crippen molar-refractivity contribution in [2.45, 2.75) is 83.4 Å². The van der Waals surface area contributed by atoms with E-state index in [-0.39, 0.29) is 24.1 Å². The lowest BCUT2D eigenvalue weighted by Gasteiger charge is -2.38. The van der Waals surface area contributed by atoms with Crippen LogP contribution < -0.4 is 10.1 Å². The quantitative estimate of drug-likeness (QED) is 0.335. The van der Waals surface area contributed by atoms with Gasteiger partial charge in [0.05, 0.1) is 5.69 Å². The number of anilines is 2. The Hall–Kier alpha value is -2.79. The van der Waals surface area contributed by atoms with Gasteiger partial charge >= 0.3 is 6.09 Å². The highest BCUT2D eigenvalue weighted by molar-refractivity contribution is 9.10. The molecule has 2 bridgehead atoms. The van der Waals surface area contributed by atoms with Gasteiger partial charge in [-0.15, -0.1) is 0 Å². The van der Waals surface area contributed by atoms with Gasteiger partial charge in [0.1, 0.15) is 17.2 Å². The third-order valence-electron chi connectivity index (χ3n) is 6.59. The maximum absolute atomic E-state index is 12.8. The van der Waals surface area contributed by atoms with Crippen LogP contribution in [-0.2, 0) is 11.2 Å². The van der Waals surface area contributed by atoms with Crippen LogP contribution >= 0.6 is 27.5 Å². The zero-order valence-corrected chi connectivity index (χ0v) is 23.8. The molecule has 2 aliphatic heterocycles. The molecule has 2 fully saturated rings. The van der Waals surface area contributed by atoms with E-state index in [1.165, 1.54) is 11.5 Å². The summed E-state index contributed by atoms with van der Waals surface area (Å²) in [5, 5.41) is 3.94. The molecule has 5 rings (SSSR count). The van der Waals surface area contributed by atoms with Gasteiger partial charge in [-0.25, -0.2) is 14.8 Å². The summed E-state index contributed by atoms with van der Waals surface area (Å²) in [5.74, 6) is 2.83. The number of halogens is 1. The van der Waals surface area contributed by atoms with Crippen LogP contribution in [-0.4, -0.2) is 48.0 Å². The number of carbonyl (C=O) groups is 1. The van der Waals surface area contributed by atoms with E-state index in [0.717, 1.165) is 48.1 Å². The molecule has 196 valence electrons. The summed E-state index contributed by atoms with van der Waals surface area (Å²) in [6, 6.07) is 5.95. The third-order valence-corrected chi connectivity index (χ3v) is 7.67. The van der Waals surface area contributed by atoms with Crippen molar-refractivity contribution in [3.05, 3.63) is 46.6 Å². The summed E-state index contributed by atoms with van der Waals surface area (Å²) in [6.45, 7) is 7.76. The van der Waals surface area contributed by atoms with Crippen molar-refractivity contribution in [1.29, 1.82) is 0 Å². The smallest absolute Gasteiger partial charge is 0.410 e. The van der Waals surface area contributed by atoms with Crippen LogP contribution in [0, 0.1) is 0 Å². The molecule has 1 N–H and O–H groups in total. The molecule has 11 heteroatoms. The molecule has 0 spiro atoms. The molecule has 0 aromatic carbocycles. The molecule has 9 nitrogen and oxygen atoms in total. The van der Waals surface area contributed by atoms with Crippen molar-refractivity contribution in [2.24, 2.45) is 0 Å². The maximum Gasteiger partial charge on any atom is 0.410 e. The number of pyridine rings is 2. The van der Waals surface area contributed by atoms with Crippen molar-refractivity contribution in [2.75, 3.05) is 5.32 Å². The minimum atomic E-state index is -0.497. The van der Waals surface area contributed by atoms with Crippen molar-refractivity contribution in [1.82, 2.24) is 24.2 Å². The van der Waals surface area contributed by atoms with Crippen LogP contribution in [0.15, 0.2) is 35.1 Å². The van der Waals surface area contributed by atoms with Crippen LogP contribution in [0.4, 0.5) is 15.7 Å². The predicted octanol–water partition coefficient (Wildman–Crippen LogP) is 6.83. The molecule has 0 radical (unpaired) electrons. The SMILES string of the molecule is CCc1ncccc1Oc1cc(Br)cnc1Nc1nc(C2CC3CCC(C2)N3C(=O)OC(C)(C)C)ns1. The van der Waals surface area contributed by atoms with Gasteiger partial charge < -0.3 is 19.7 Å². The molecule has 0 saturated carbocycles. The van der Waals surface area contributed by atoms with Crippen LogP contribution in [0.3, 0.4) is 0 Å². The molecule has 2 saturated heterocycles. The Bertz CT molecular complexity index is 1270. The van der Waals surface area contributed by atoms with Gasteiger partial charge in [-0.1, -0.05) is 6.92 Å². The van der Waals surface area contributed by atoms with Crippen LogP contribution in [0.1, 0.15) is 70.8 Å². The maximum atomic E-state index is 12.8. The van der Waals surface area contributed by atoms with Crippen molar-refractivity contribution >= 4 is 44.5 Å². The standard InChI is InChI=1S/C26H31BrN6O3S/c1-5-19-20(7-6-10-28-19)35-21-13-16(27)14-29-23(21)31-24-30-22(32-37-24)15-11-17-8-9-18(12-15)33(17)25(34)36-26(2,3)4/h6-7,10,13-15,17-18H,5,8-9,11-12H2,1-4H3,(H,29,30,31,32). The van der Waals surface area contributed by atoms with Crippen molar-refractivity contribution in [3.63, 3.8) is 0 Å². The number of nitrogens with zero attached hydrogens (tertiary/aromatic N) is 5. The fraction of sp³-hybridized carbons (Fsp3) is 0.500. The number of aromatic nitrogens is 4. The number of rotatable bonds is 6. The highest BCUT2D eigenvalue weighted by Gasteiger charge is 2.46. The number of hydrogen-bond donors (Lipinski definition) is 1. The number of amides is 1. The molecule has 2 atom stereocenters. The van der Waals surface area contributed by atoms with E-state index in [4.69, 9.17) is 14.5 Å². The van der Waals surface area contributed by atoms with Crippen molar-refractivity contribution in [3.8, 4) is 11.5 Å². The molecule has 2 unspecified atom stereocenters. The van der Waals surface area contributed by atoms with E-state index in [9.17, 15) is 4.79 Å². The average molecular weight is 588 g/mol. The van der Waals surface area contributed by atoms with E-state index in [1.807, 2.05) is 50.8 Å². The summed E-state index contributed by atoms with van der Waals surface area (Å²) in [7, 11) is 0. The fourth-order valence-corrected chi connectivity index (χ4v) is 6.00. The Balaban J connectivity index is 1.29. The van der Waals surface area contributed by atoms with Gasteiger partial charge in [-0.05, 0) is 80.9 Å². The molecule has 3 aromatic heterocycles. The van der Waals surface area contributed by atoms with Gasteiger partial charge in [-0.2, -0.15) is 4.37 Å². The lowest BCUT2D eigenvalue weighted by molar-refractivity contribution is 0.00558. The number of carbonyl (C=O) groups excluding carboxylic acids is 1. The number of ether oxygens (including phenoxy) is 2. The number of fused-ring (bicyclic) bond motifs is 2. The van der Waals surface area contributed by atoms with Gasteiger partial charge in [0.2, 0.25) is 5.13 Å². The Kier molecular flexibility index (Phi) is 7.35. The summed E-state index contributed by atoms with van der Waals surface area (Å²) in [4.78, 5) is 28.5. The minimum absolute atomic E-state index is 0.166. The topological polar surface area (TPSA) is 102 Å². The number of piperidine rings is 1. The molecule has 0 aliphatic carbocycles. The van der Waals surface area contributed by atoms with E-state index in [2.05, 4.69) is 35.6 Å². The average Bonchev–Trinajstić information content (AvgIpc) is 3.42. The van der Waals surface area contributed by atoms with E-state index in [0.29, 0.717) is 22.4 Å². The Labute approximate surface area is 229 Å². The highest BCUT2D eigenvalue weighted by atomic mass is 79.9. The second-order valence-corrected chi connectivity index (χ2v) is 12.1. The molecule has 2 aliphatic rings. The molecular formula is C26H31BrN6O3S. The first-order chi connectivity index (χ1) is 17.7. The summed E-state index contributed by atoms with van der Waals surface area (Å²) in [5.41, 5.74) is 0.377. The first-order valence-electron chi connectivity index (χ1n) is 12.6. The molecule has 5 heterocycles. The van der Waals surface area contributed by atoms with Crippen molar-refractivity contribution < 1.29 is 14.3 Å². The fourth-order valence-electron chi connectivity index (χ4n) is 5.05. The number of nitrogens with one attached hydrogen (secondary N) is 1. The molecule has 37 heavy (non-hydrogen) atoms. The van der Waals surface area contributed by atoms with Gasteiger partial charge in [0.25, 0.3) is 0 Å². The van der Waals surface area contributed by atoms with E-state index in [1.54, 1.807) is 12.4 Å². The van der Waals surface area contributed by atoms with Gasteiger partial charge in [0.15, 0.2) is 11.6 Å². The predicted molar refractivity (Wildman–Crippen MR) is 146 cm³/mol. The lowest BCUT2D eigenvalue weighted by atomic mass is 9.90.